The molecule has 1 N–H and O–H groups in total. The first-order chi connectivity index (χ1) is 11.6. The normalized spacial score (nSPS) is 14.7. The molecule has 0 radical (unpaired) electrons. The third-order valence-electron chi connectivity index (χ3n) is 4.15. The van der Waals surface area contributed by atoms with Crippen LogP contribution in [-0.4, -0.2) is 31.5 Å². The van der Waals surface area contributed by atoms with Gasteiger partial charge in [-0.1, -0.05) is 31.4 Å². The molecule has 1 saturated carbocycles. The fraction of sp³-hybridized carbons (Fsp3) is 0.500. The van der Waals surface area contributed by atoms with Gasteiger partial charge in [-0.05, 0) is 30.9 Å². The fourth-order valence-corrected chi connectivity index (χ4v) is 2.89. The number of hydrogen-bond donors (Lipinski definition) is 1. The Balaban J connectivity index is 1.76. The number of benzene rings is 1. The maximum atomic E-state index is 12.0. The lowest BCUT2D eigenvalue weighted by Crippen LogP contribution is -2.34. The first-order valence-corrected chi connectivity index (χ1v) is 8.23. The number of carbonyl (C=O) groups excluding carboxylic acids is 3. The van der Waals surface area contributed by atoms with Gasteiger partial charge >= 0.3 is 5.97 Å². The standard InChI is InChI=1S/C18H23NO5/c1-23-15-10-6-5-9-14(15)18(22)19-16(20)12-24-17(21)11-13-7-3-2-4-8-13/h5-6,9-10,13H,2-4,7-8,11-12H2,1H3,(H,19,20,22). The second-order valence-electron chi connectivity index (χ2n) is 5.95. The van der Waals surface area contributed by atoms with Crippen LogP contribution in [0.25, 0.3) is 0 Å². The largest absolute Gasteiger partial charge is 0.496 e. The minimum atomic E-state index is -0.650. The van der Waals surface area contributed by atoms with Gasteiger partial charge in [-0.3, -0.25) is 19.7 Å². The van der Waals surface area contributed by atoms with Crippen molar-refractivity contribution in [3.05, 3.63) is 29.8 Å². The molecule has 6 nitrogen and oxygen atoms in total. The number of nitrogens with one attached hydrogen (secondary N) is 1. The van der Waals surface area contributed by atoms with Crippen LogP contribution in [0.3, 0.4) is 0 Å². The van der Waals surface area contributed by atoms with E-state index in [0.29, 0.717) is 18.1 Å². The molecule has 0 spiro atoms. The molecule has 2 amide bonds. The van der Waals surface area contributed by atoms with E-state index in [1.54, 1.807) is 24.3 Å². The molecular formula is C18H23NO5. The molecule has 0 saturated heterocycles. The molecular weight excluding hydrogens is 310 g/mol. The Hall–Kier alpha value is -2.37. The van der Waals surface area contributed by atoms with Crippen LogP contribution in [0.1, 0.15) is 48.9 Å². The van der Waals surface area contributed by atoms with Gasteiger partial charge in [0.15, 0.2) is 6.61 Å². The van der Waals surface area contributed by atoms with Crippen molar-refractivity contribution in [2.45, 2.75) is 38.5 Å². The molecule has 1 aromatic rings. The lowest BCUT2D eigenvalue weighted by atomic mass is 9.87. The van der Waals surface area contributed by atoms with Gasteiger partial charge in [-0.15, -0.1) is 0 Å². The van der Waals surface area contributed by atoms with E-state index < -0.39 is 18.4 Å². The molecule has 0 heterocycles. The quantitative estimate of drug-likeness (QED) is 0.809. The topological polar surface area (TPSA) is 81.7 Å². The molecule has 130 valence electrons. The van der Waals surface area contributed by atoms with Gasteiger partial charge in [-0.2, -0.15) is 0 Å². The van der Waals surface area contributed by atoms with Crippen LogP contribution in [0, 0.1) is 5.92 Å². The zero-order chi connectivity index (χ0) is 17.4. The van der Waals surface area contributed by atoms with Crippen molar-refractivity contribution in [1.82, 2.24) is 5.32 Å². The van der Waals surface area contributed by atoms with Crippen molar-refractivity contribution in [2.75, 3.05) is 13.7 Å². The van der Waals surface area contributed by atoms with E-state index in [9.17, 15) is 14.4 Å². The predicted octanol–water partition coefficient (Wildman–Crippen LogP) is 2.47. The number of rotatable bonds is 6. The van der Waals surface area contributed by atoms with Crippen LogP contribution in [0.15, 0.2) is 24.3 Å². The highest BCUT2D eigenvalue weighted by molar-refractivity contribution is 6.06. The Bertz CT molecular complexity index is 593. The summed E-state index contributed by atoms with van der Waals surface area (Å²) in [6.45, 7) is -0.452. The summed E-state index contributed by atoms with van der Waals surface area (Å²) in [6, 6.07) is 6.58. The van der Waals surface area contributed by atoms with Crippen molar-refractivity contribution < 1.29 is 23.9 Å². The summed E-state index contributed by atoms with van der Waals surface area (Å²) in [5.74, 6) is -0.896. The van der Waals surface area contributed by atoms with Gasteiger partial charge in [0.2, 0.25) is 0 Å². The first-order valence-electron chi connectivity index (χ1n) is 8.23. The minimum Gasteiger partial charge on any atom is -0.496 e. The summed E-state index contributed by atoms with van der Waals surface area (Å²) in [5.41, 5.74) is 0.252. The van der Waals surface area contributed by atoms with Crippen LogP contribution in [-0.2, 0) is 14.3 Å². The summed E-state index contributed by atoms with van der Waals surface area (Å²) in [7, 11) is 1.45. The summed E-state index contributed by atoms with van der Waals surface area (Å²) in [6.07, 6.45) is 5.92. The summed E-state index contributed by atoms with van der Waals surface area (Å²) >= 11 is 0. The number of esters is 1. The average molecular weight is 333 g/mol. The molecule has 0 aliphatic heterocycles. The zero-order valence-corrected chi connectivity index (χ0v) is 13.9. The Morgan fingerprint density at radius 2 is 1.83 bits per heavy atom. The Morgan fingerprint density at radius 1 is 1.12 bits per heavy atom. The molecule has 0 unspecified atom stereocenters. The molecule has 6 heteroatoms. The van der Waals surface area contributed by atoms with Crippen molar-refractivity contribution in [3.8, 4) is 5.75 Å². The first kappa shape index (κ1) is 18.0. The molecule has 1 aliphatic rings. The van der Waals surface area contributed by atoms with Gasteiger partial charge in [0.1, 0.15) is 5.75 Å². The molecule has 0 aromatic heterocycles. The van der Waals surface area contributed by atoms with E-state index in [4.69, 9.17) is 9.47 Å². The number of carbonyl (C=O) groups is 3. The average Bonchev–Trinajstić information content (AvgIpc) is 2.60. The van der Waals surface area contributed by atoms with Crippen molar-refractivity contribution in [2.24, 2.45) is 5.92 Å². The SMILES string of the molecule is COc1ccccc1C(=O)NC(=O)COC(=O)CC1CCCCC1. The highest BCUT2D eigenvalue weighted by Crippen LogP contribution is 2.26. The van der Waals surface area contributed by atoms with E-state index in [0.717, 1.165) is 25.7 Å². The van der Waals surface area contributed by atoms with Crippen LogP contribution < -0.4 is 10.1 Å². The Morgan fingerprint density at radius 3 is 2.54 bits per heavy atom. The van der Waals surface area contributed by atoms with Crippen molar-refractivity contribution in [1.29, 1.82) is 0 Å². The van der Waals surface area contributed by atoms with Crippen molar-refractivity contribution >= 4 is 17.8 Å². The highest BCUT2D eigenvalue weighted by atomic mass is 16.5. The molecule has 24 heavy (non-hydrogen) atoms. The van der Waals surface area contributed by atoms with E-state index in [1.807, 2.05) is 0 Å². The lowest BCUT2D eigenvalue weighted by molar-refractivity contribution is -0.149. The number of amides is 2. The maximum Gasteiger partial charge on any atom is 0.306 e. The maximum absolute atomic E-state index is 12.0. The van der Waals surface area contributed by atoms with E-state index in [1.165, 1.54) is 13.5 Å². The van der Waals surface area contributed by atoms with Gasteiger partial charge in [0, 0.05) is 6.42 Å². The number of imide groups is 1. The Labute approximate surface area is 141 Å². The fourth-order valence-electron chi connectivity index (χ4n) is 2.89. The molecule has 0 atom stereocenters. The lowest BCUT2D eigenvalue weighted by Gasteiger charge is -2.20. The smallest absolute Gasteiger partial charge is 0.306 e. The third kappa shape index (κ3) is 5.37. The summed E-state index contributed by atoms with van der Waals surface area (Å²) in [5, 5.41) is 2.19. The van der Waals surface area contributed by atoms with Crippen LogP contribution in [0.4, 0.5) is 0 Å². The van der Waals surface area contributed by atoms with Crippen LogP contribution >= 0.6 is 0 Å². The molecule has 1 fully saturated rings. The van der Waals surface area contributed by atoms with Crippen molar-refractivity contribution in [3.63, 3.8) is 0 Å². The van der Waals surface area contributed by atoms with E-state index in [-0.39, 0.29) is 11.5 Å². The van der Waals surface area contributed by atoms with Crippen LogP contribution in [0.2, 0.25) is 0 Å². The second kappa shape index (κ2) is 9.05. The third-order valence-corrected chi connectivity index (χ3v) is 4.15. The Kier molecular flexibility index (Phi) is 6.78. The monoisotopic (exact) mass is 333 g/mol. The molecule has 1 aromatic carbocycles. The highest BCUT2D eigenvalue weighted by Gasteiger charge is 2.19. The molecule has 0 bridgehead atoms. The van der Waals surface area contributed by atoms with Gasteiger partial charge in [0.05, 0.1) is 12.7 Å². The van der Waals surface area contributed by atoms with Gasteiger partial charge in [-0.25, -0.2) is 0 Å². The predicted molar refractivity (Wildman–Crippen MR) is 87.6 cm³/mol. The molecule has 2 rings (SSSR count). The summed E-state index contributed by atoms with van der Waals surface area (Å²) in [4.78, 5) is 35.6. The second-order valence-corrected chi connectivity index (χ2v) is 5.95. The number of hydrogen-bond acceptors (Lipinski definition) is 5. The number of methoxy groups -OCH3 is 1. The van der Waals surface area contributed by atoms with Crippen LogP contribution in [0.5, 0.6) is 5.75 Å². The van der Waals surface area contributed by atoms with E-state index >= 15 is 0 Å². The molecule has 1 aliphatic carbocycles. The number of ether oxygens (including phenoxy) is 2. The minimum absolute atomic E-state index is 0.252. The van der Waals surface area contributed by atoms with E-state index in [2.05, 4.69) is 5.32 Å². The van der Waals surface area contributed by atoms with Gasteiger partial charge in [0.25, 0.3) is 11.8 Å². The number of para-hydroxylation sites is 1. The summed E-state index contributed by atoms with van der Waals surface area (Å²) < 4.78 is 10.0. The van der Waals surface area contributed by atoms with Gasteiger partial charge < -0.3 is 9.47 Å². The zero-order valence-electron chi connectivity index (χ0n) is 13.9.